The first kappa shape index (κ1) is 17.1. The summed E-state index contributed by atoms with van der Waals surface area (Å²) in [5, 5.41) is 0.512. The number of benzene rings is 2. The van der Waals surface area contributed by atoms with Gasteiger partial charge in [-0.2, -0.15) is 0 Å². The van der Waals surface area contributed by atoms with E-state index in [9.17, 15) is 8.42 Å². The van der Waals surface area contributed by atoms with Crippen LogP contribution in [-0.4, -0.2) is 8.42 Å². The van der Waals surface area contributed by atoms with Crippen molar-refractivity contribution >= 4 is 70.8 Å². The lowest BCUT2D eigenvalue weighted by Crippen LogP contribution is -2.14. The van der Waals surface area contributed by atoms with Crippen molar-refractivity contribution < 1.29 is 8.42 Å². The maximum Gasteiger partial charge on any atom is 0.263 e. The summed E-state index contributed by atoms with van der Waals surface area (Å²) >= 11 is 18.6. The fourth-order valence-electron chi connectivity index (χ4n) is 1.62. The number of nitrogens with one attached hydrogen (secondary N) is 1. The van der Waals surface area contributed by atoms with Gasteiger partial charge < -0.3 is 0 Å². The van der Waals surface area contributed by atoms with Gasteiger partial charge in [0.2, 0.25) is 0 Å². The number of halogens is 4. The van der Waals surface area contributed by atoms with Crippen molar-refractivity contribution in [3.63, 3.8) is 0 Å². The number of sulfonamides is 1. The number of hydrogen-bond acceptors (Lipinski definition) is 2. The number of anilines is 1. The van der Waals surface area contributed by atoms with Crippen LogP contribution in [0.15, 0.2) is 44.2 Å². The molecular formula is C13H9Br2Cl2NO2S. The monoisotopic (exact) mass is 471 g/mol. The standard InChI is InChI=1S/C13H9Br2Cl2NO2S/c1-7-2-5-10(16)13(12(7)17)18-21(19,20)11-6-8(14)3-4-9(11)15/h2-6,18H,1H3. The molecule has 2 aromatic rings. The van der Waals surface area contributed by atoms with Gasteiger partial charge >= 0.3 is 0 Å². The van der Waals surface area contributed by atoms with E-state index in [1.807, 2.05) is 0 Å². The minimum Gasteiger partial charge on any atom is -0.277 e. The summed E-state index contributed by atoms with van der Waals surface area (Å²) in [6, 6.07) is 8.17. The molecule has 0 radical (unpaired) electrons. The molecule has 21 heavy (non-hydrogen) atoms. The molecule has 0 atom stereocenters. The van der Waals surface area contributed by atoms with Crippen molar-refractivity contribution in [2.45, 2.75) is 11.8 Å². The maximum atomic E-state index is 12.5. The first-order chi connectivity index (χ1) is 9.72. The Balaban J connectivity index is 2.53. The van der Waals surface area contributed by atoms with Gasteiger partial charge in [-0.1, -0.05) is 45.2 Å². The van der Waals surface area contributed by atoms with Crippen molar-refractivity contribution in [2.75, 3.05) is 4.72 Å². The number of rotatable bonds is 3. The van der Waals surface area contributed by atoms with E-state index < -0.39 is 10.0 Å². The Hall–Kier alpha value is -0.270. The molecule has 1 N–H and O–H groups in total. The first-order valence-electron chi connectivity index (χ1n) is 5.65. The quantitative estimate of drug-likeness (QED) is 0.628. The normalized spacial score (nSPS) is 11.5. The van der Waals surface area contributed by atoms with E-state index in [1.165, 1.54) is 6.07 Å². The average Bonchev–Trinajstić information content (AvgIpc) is 2.42. The number of aryl methyl sites for hydroxylation is 1. The predicted molar refractivity (Wildman–Crippen MR) is 93.8 cm³/mol. The largest absolute Gasteiger partial charge is 0.277 e. The maximum absolute atomic E-state index is 12.5. The fraction of sp³-hybridized carbons (Fsp3) is 0.0769. The molecule has 3 nitrogen and oxygen atoms in total. The van der Waals surface area contributed by atoms with Gasteiger partial charge in [-0.3, -0.25) is 4.72 Å². The third-order valence-electron chi connectivity index (χ3n) is 2.70. The van der Waals surface area contributed by atoms with Crippen LogP contribution in [0.4, 0.5) is 5.69 Å². The van der Waals surface area contributed by atoms with E-state index >= 15 is 0 Å². The third-order valence-corrected chi connectivity index (χ3v) is 6.34. The molecule has 0 spiro atoms. The zero-order chi connectivity index (χ0) is 15.8. The zero-order valence-corrected chi connectivity index (χ0v) is 16.1. The van der Waals surface area contributed by atoms with Crippen LogP contribution in [-0.2, 0) is 10.0 Å². The Morgan fingerprint density at radius 1 is 1.10 bits per heavy atom. The summed E-state index contributed by atoms with van der Waals surface area (Å²) in [7, 11) is -3.82. The van der Waals surface area contributed by atoms with E-state index in [0.29, 0.717) is 8.95 Å². The molecule has 0 saturated carbocycles. The van der Waals surface area contributed by atoms with Gasteiger partial charge in [0.25, 0.3) is 10.0 Å². The topological polar surface area (TPSA) is 46.2 Å². The minimum atomic E-state index is -3.82. The summed E-state index contributed by atoms with van der Waals surface area (Å²) < 4.78 is 28.5. The van der Waals surface area contributed by atoms with Gasteiger partial charge in [0.1, 0.15) is 4.90 Å². The second-order valence-corrected chi connectivity index (χ2v) is 8.44. The smallest absolute Gasteiger partial charge is 0.263 e. The van der Waals surface area contributed by atoms with Gasteiger partial charge in [-0.15, -0.1) is 0 Å². The Kier molecular flexibility index (Phi) is 5.26. The van der Waals surface area contributed by atoms with Crippen LogP contribution in [0.5, 0.6) is 0 Å². The molecule has 0 aromatic heterocycles. The first-order valence-corrected chi connectivity index (χ1v) is 9.47. The highest BCUT2D eigenvalue weighted by Crippen LogP contribution is 2.35. The summed E-state index contributed by atoms with van der Waals surface area (Å²) in [6.07, 6.45) is 0. The van der Waals surface area contributed by atoms with E-state index in [4.69, 9.17) is 23.2 Å². The molecule has 2 aromatic carbocycles. The van der Waals surface area contributed by atoms with Crippen molar-refractivity contribution in [3.8, 4) is 0 Å². The molecule has 0 aliphatic heterocycles. The predicted octanol–water partition coefficient (Wildman–Crippen LogP) is 5.63. The number of hydrogen-bond donors (Lipinski definition) is 1. The van der Waals surface area contributed by atoms with Crippen LogP contribution in [0.1, 0.15) is 5.56 Å². The van der Waals surface area contributed by atoms with Gasteiger partial charge in [0.05, 0.1) is 15.7 Å². The highest BCUT2D eigenvalue weighted by molar-refractivity contribution is 9.11. The molecule has 0 aliphatic rings. The molecule has 0 amide bonds. The zero-order valence-electron chi connectivity index (χ0n) is 10.6. The molecule has 0 heterocycles. The molecule has 8 heteroatoms. The molecule has 112 valence electrons. The van der Waals surface area contributed by atoms with Gasteiger partial charge in [0.15, 0.2) is 0 Å². The average molecular weight is 474 g/mol. The Labute approximate surface area is 150 Å². The molecule has 0 fully saturated rings. The van der Waals surface area contributed by atoms with Gasteiger partial charge in [-0.05, 0) is 52.7 Å². The molecule has 0 saturated heterocycles. The Bertz CT molecular complexity index is 810. The molecule has 0 bridgehead atoms. The molecule has 0 unspecified atom stereocenters. The van der Waals surface area contributed by atoms with Gasteiger partial charge in [-0.25, -0.2) is 8.42 Å². The van der Waals surface area contributed by atoms with Crippen molar-refractivity contribution in [2.24, 2.45) is 0 Å². The lowest BCUT2D eigenvalue weighted by Gasteiger charge is -2.14. The second kappa shape index (κ2) is 6.46. The second-order valence-electron chi connectivity index (χ2n) is 4.23. The van der Waals surface area contributed by atoms with Crippen molar-refractivity contribution in [3.05, 3.63) is 54.9 Å². The Morgan fingerprint density at radius 2 is 1.76 bits per heavy atom. The molecule has 2 rings (SSSR count). The van der Waals surface area contributed by atoms with Crippen LogP contribution >= 0.6 is 55.1 Å². The van der Waals surface area contributed by atoms with Crippen LogP contribution in [0.3, 0.4) is 0 Å². The molecular weight excluding hydrogens is 465 g/mol. The SMILES string of the molecule is Cc1ccc(Cl)c(NS(=O)(=O)c2cc(Br)ccc2Br)c1Cl. The summed E-state index contributed by atoms with van der Waals surface area (Å²) in [4.78, 5) is 0.0884. The Morgan fingerprint density at radius 3 is 2.43 bits per heavy atom. The summed E-state index contributed by atoms with van der Waals surface area (Å²) in [5.41, 5.74) is 0.900. The van der Waals surface area contributed by atoms with E-state index in [0.717, 1.165) is 5.56 Å². The highest BCUT2D eigenvalue weighted by Gasteiger charge is 2.21. The van der Waals surface area contributed by atoms with Crippen molar-refractivity contribution in [1.82, 2.24) is 0 Å². The minimum absolute atomic E-state index is 0.0884. The van der Waals surface area contributed by atoms with E-state index in [-0.39, 0.29) is 20.6 Å². The van der Waals surface area contributed by atoms with Crippen LogP contribution in [0.2, 0.25) is 10.0 Å². The lowest BCUT2D eigenvalue weighted by atomic mass is 10.2. The highest BCUT2D eigenvalue weighted by atomic mass is 79.9. The van der Waals surface area contributed by atoms with Gasteiger partial charge in [0, 0.05) is 8.95 Å². The van der Waals surface area contributed by atoms with Crippen molar-refractivity contribution in [1.29, 1.82) is 0 Å². The lowest BCUT2D eigenvalue weighted by molar-refractivity contribution is 0.600. The van der Waals surface area contributed by atoms with Crippen LogP contribution in [0.25, 0.3) is 0 Å². The summed E-state index contributed by atoms with van der Waals surface area (Å²) in [5.74, 6) is 0. The van der Waals surface area contributed by atoms with Crippen LogP contribution < -0.4 is 4.72 Å². The summed E-state index contributed by atoms with van der Waals surface area (Å²) in [6.45, 7) is 1.77. The fourth-order valence-corrected chi connectivity index (χ4v) is 4.80. The third kappa shape index (κ3) is 3.74. The van der Waals surface area contributed by atoms with Crippen LogP contribution in [0, 0.1) is 6.92 Å². The molecule has 0 aliphatic carbocycles. The van der Waals surface area contributed by atoms with E-state index in [2.05, 4.69) is 36.6 Å². The van der Waals surface area contributed by atoms with E-state index in [1.54, 1.807) is 31.2 Å².